The summed E-state index contributed by atoms with van der Waals surface area (Å²) in [5, 5.41) is 2.75. The van der Waals surface area contributed by atoms with Gasteiger partial charge in [-0.05, 0) is 32.0 Å². The molecule has 1 saturated heterocycles. The van der Waals surface area contributed by atoms with Crippen LogP contribution in [-0.2, 0) is 17.8 Å². The van der Waals surface area contributed by atoms with E-state index in [1.165, 1.54) is 13.0 Å². The summed E-state index contributed by atoms with van der Waals surface area (Å²) in [6.07, 6.45) is -4.34. The number of amides is 1. The summed E-state index contributed by atoms with van der Waals surface area (Å²) in [6, 6.07) is 7.06. The first-order valence-electron chi connectivity index (χ1n) is 9.05. The van der Waals surface area contributed by atoms with Gasteiger partial charge >= 0.3 is 6.18 Å². The minimum atomic E-state index is -4.34. The maximum Gasteiger partial charge on any atom is 0.406 e. The van der Waals surface area contributed by atoms with E-state index in [1.54, 1.807) is 13.0 Å². The summed E-state index contributed by atoms with van der Waals surface area (Å²) < 4.78 is 44.6. The topological polar surface area (TPSA) is 59.4 Å². The fourth-order valence-electron chi connectivity index (χ4n) is 3.25. The van der Waals surface area contributed by atoms with E-state index in [-0.39, 0.29) is 12.1 Å². The molecule has 0 aromatic carbocycles. The van der Waals surface area contributed by atoms with E-state index in [1.807, 2.05) is 12.1 Å². The SMILES string of the molecule is Cc1cc(C(=O)NCc2cccc(N3CCOCC3)n2)c(C)n1CC(F)(F)F. The Hall–Kier alpha value is -2.55. The number of pyridine rings is 1. The van der Waals surface area contributed by atoms with Crippen LogP contribution in [0.25, 0.3) is 0 Å². The van der Waals surface area contributed by atoms with Crippen molar-refractivity contribution in [3.8, 4) is 0 Å². The molecule has 1 aliphatic rings. The molecule has 0 atom stereocenters. The van der Waals surface area contributed by atoms with Crippen LogP contribution in [0.5, 0.6) is 0 Å². The Labute approximate surface area is 161 Å². The molecule has 1 fully saturated rings. The molecule has 1 amide bonds. The number of aromatic nitrogens is 2. The number of hydrogen-bond donors (Lipinski definition) is 1. The zero-order valence-electron chi connectivity index (χ0n) is 15.8. The number of hydrogen-bond acceptors (Lipinski definition) is 4. The van der Waals surface area contributed by atoms with Crippen LogP contribution in [0.2, 0.25) is 0 Å². The number of nitrogens with one attached hydrogen (secondary N) is 1. The number of morpholine rings is 1. The lowest BCUT2D eigenvalue weighted by Gasteiger charge is -2.28. The molecule has 1 N–H and O–H groups in total. The zero-order valence-corrected chi connectivity index (χ0v) is 15.8. The van der Waals surface area contributed by atoms with Crippen LogP contribution < -0.4 is 10.2 Å². The van der Waals surface area contributed by atoms with Gasteiger partial charge in [0.25, 0.3) is 5.91 Å². The normalized spacial score (nSPS) is 15.0. The number of halogens is 3. The Morgan fingerprint density at radius 3 is 2.64 bits per heavy atom. The molecule has 0 spiro atoms. The third kappa shape index (κ3) is 4.83. The van der Waals surface area contributed by atoms with Crippen molar-refractivity contribution in [3.63, 3.8) is 0 Å². The lowest BCUT2D eigenvalue weighted by Crippen LogP contribution is -2.37. The molecule has 3 heterocycles. The average Bonchev–Trinajstić information content (AvgIpc) is 2.94. The molecule has 6 nitrogen and oxygen atoms in total. The molecule has 2 aromatic rings. The van der Waals surface area contributed by atoms with Crippen LogP contribution in [0.15, 0.2) is 24.3 Å². The summed E-state index contributed by atoms with van der Waals surface area (Å²) in [6.45, 7) is 4.98. The molecule has 0 saturated carbocycles. The molecule has 28 heavy (non-hydrogen) atoms. The van der Waals surface area contributed by atoms with Gasteiger partial charge in [-0.25, -0.2) is 4.98 Å². The van der Waals surface area contributed by atoms with Crippen molar-refractivity contribution < 1.29 is 22.7 Å². The van der Waals surface area contributed by atoms with Crippen molar-refractivity contribution in [2.24, 2.45) is 0 Å². The van der Waals surface area contributed by atoms with E-state index in [0.29, 0.717) is 30.3 Å². The summed E-state index contributed by atoms with van der Waals surface area (Å²) in [5.74, 6) is 0.401. The molecule has 0 unspecified atom stereocenters. The smallest absolute Gasteiger partial charge is 0.378 e. The van der Waals surface area contributed by atoms with Gasteiger partial charge in [0.05, 0.1) is 31.0 Å². The predicted molar refractivity (Wildman–Crippen MR) is 98.4 cm³/mol. The van der Waals surface area contributed by atoms with Crippen LogP contribution in [0, 0.1) is 13.8 Å². The van der Waals surface area contributed by atoms with E-state index < -0.39 is 18.6 Å². The highest BCUT2D eigenvalue weighted by molar-refractivity contribution is 5.95. The molecule has 0 radical (unpaired) electrons. The van der Waals surface area contributed by atoms with Crippen LogP contribution in [0.3, 0.4) is 0 Å². The van der Waals surface area contributed by atoms with Gasteiger partial charge in [0.2, 0.25) is 0 Å². The molecule has 2 aromatic heterocycles. The monoisotopic (exact) mass is 396 g/mol. The van der Waals surface area contributed by atoms with Gasteiger partial charge in [0.1, 0.15) is 12.4 Å². The predicted octanol–water partition coefficient (Wildman–Crippen LogP) is 2.83. The van der Waals surface area contributed by atoms with Gasteiger partial charge in [-0.1, -0.05) is 6.07 Å². The van der Waals surface area contributed by atoms with Gasteiger partial charge in [-0.15, -0.1) is 0 Å². The lowest BCUT2D eigenvalue weighted by molar-refractivity contribution is -0.141. The molecule has 3 rings (SSSR count). The number of ether oxygens (including phenoxy) is 1. The molecule has 9 heteroatoms. The van der Waals surface area contributed by atoms with Gasteiger partial charge < -0.3 is 19.5 Å². The number of alkyl halides is 3. The fraction of sp³-hybridized carbons (Fsp3) is 0.474. The van der Waals surface area contributed by atoms with Crippen LogP contribution in [-0.4, -0.2) is 47.9 Å². The van der Waals surface area contributed by atoms with Crippen molar-refractivity contribution in [2.75, 3.05) is 31.2 Å². The molecule has 0 aliphatic carbocycles. The summed E-state index contributed by atoms with van der Waals surface area (Å²) >= 11 is 0. The Kier molecular flexibility index (Phi) is 5.93. The Bertz CT molecular complexity index is 842. The van der Waals surface area contributed by atoms with Crippen LogP contribution >= 0.6 is 0 Å². The number of rotatable bonds is 5. The maximum absolute atomic E-state index is 12.7. The van der Waals surface area contributed by atoms with E-state index in [9.17, 15) is 18.0 Å². The third-order valence-corrected chi connectivity index (χ3v) is 4.71. The van der Waals surface area contributed by atoms with Crippen LogP contribution in [0.1, 0.15) is 27.4 Å². The first-order valence-corrected chi connectivity index (χ1v) is 9.05. The number of carbonyl (C=O) groups excluding carboxylic acids is 1. The minimum absolute atomic E-state index is 0.194. The van der Waals surface area contributed by atoms with E-state index >= 15 is 0 Å². The van der Waals surface area contributed by atoms with Crippen molar-refractivity contribution in [3.05, 3.63) is 46.9 Å². The van der Waals surface area contributed by atoms with Gasteiger partial charge in [-0.3, -0.25) is 4.79 Å². The first-order chi connectivity index (χ1) is 13.2. The Balaban J connectivity index is 1.67. The molecular formula is C19H23F3N4O2. The molecule has 1 aliphatic heterocycles. The fourth-order valence-corrected chi connectivity index (χ4v) is 3.25. The Morgan fingerprint density at radius 2 is 1.96 bits per heavy atom. The highest BCUT2D eigenvalue weighted by Gasteiger charge is 2.30. The van der Waals surface area contributed by atoms with Crippen molar-refractivity contribution in [1.29, 1.82) is 0 Å². The van der Waals surface area contributed by atoms with Gasteiger partial charge in [0.15, 0.2) is 0 Å². The minimum Gasteiger partial charge on any atom is -0.378 e. The van der Waals surface area contributed by atoms with Crippen LogP contribution in [0.4, 0.5) is 19.0 Å². The second-order valence-corrected chi connectivity index (χ2v) is 6.76. The average molecular weight is 396 g/mol. The highest BCUT2D eigenvalue weighted by atomic mass is 19.4. The molecule has 0 bridgehead atoms. The first kappa shape index (κ1) is 20.2. The number of aryl methyl sites for hydroxylation is 1. The van der Waals surface area contributed by atoms with Crippen molar-refractivity contribution >= 4 is 11.7 Å². The third-order valence-electron chi connectivity index (χ3n) is 4.71. The Morgan fingerprint density at radius 1 is 1.25 bits per heavy atom. The van der Waals surface area contributed by atoms with Crippen molar-refractivity contribution in [2.45, 2.75) is 33.1 Å². The zero-order chi connectivity index (χ0) is 20.3. The summed E-state index contributed by atoms with van der Waals surface area (Å²) in [4.78, 5) is 19.2. The highest BCUT2D eigenvalue weighted by Crippen LogP contribution is 2.23. The van der Waals surface area contributed by atoms with E-state index in [4.69, 9.17) is 4.74 Å². The summed E-state index contributed by atoms with van der Waals surface area (Å²) in [5.41, 5.74) is 1.61. The second kappa shape index (κ2) is 8.22. The summed E-state index contributed by atoms with van der Waals surface area (Å²) in [7, 11) is 0. The largest absolute Gasteiger partial charge is 0.406 e. The number of carbonyl (C=O) groups is 1. The molecular weight excluding hydrogens is 373 g/mol. The van der Waals surface area contributed by atoms with Crippen molar-refractivity contribution in [1.82, 2.24) is 14.9 Å². The standard InChI is InChI=1S/C19H23F3N4O2/c1-13-10-16(14(2)26(13)12-19(20,21)22)18(27)23-11-15-4-3-5-17(24-15)25-6-8-28-9-7-25/h3-5,10H,6-9,11-12H2,1-2H3,(H,23,27). The quantitative estimate of drug-likeness (QED) is 0.845. The maximum atomic E-state index is 12.7. The molecule has 152 valence electrons. The second-order valence-electron chi connectivity index (χ2n) is 6.76. The van der Waals surface area contributed by atoms with Gasteiger partial charge in [0, 0.05) is 24.5 Å². The van der Waals surface area contributed by atoms with E-state index in [2.05, 4.69) is 15.2 Å². The number of anilines is 1. The van der Waals surface area contributed by atoms with E-state index in [0.717, 1.165) is 23.5 Å². The lowest BCUT2D eigenvalue weighted by atomic mass is 10.2. The van der Waals surface area contributed by atoms with Gasteiger partial charge in [-0.2, -0.15) is 13.2 Å². The number of nitrogens with zero attached hydrogens (tertiary/aromatic N) is 3.